The first-order valence-electron chi connectivity index (χ1n) is 6.39. The van der Waals surface area contributed by atoms with Gasteiger partial charge in [-0.25, -0.2) is 14.6 Å². The standard InChI is InChI=1S/C13H18N2O4/c1-7(2)11-14-10(12(16)17)8-5-4-6-9(15(8)11)13(18)19-3/h7,9H,4-6H2,1-3H3,(H,16,17). The molecule has 1 unspecified atom stereocenters. The van der Waals surface area contributed by atoms with Crippen LogP contribution in [0.25, 0.3) is 0 Å². The van der Waals surface area contributed by atoms with Crippen molar-refractivity contribution in [2.45, 2.75) is 45.1 Å². The Morgan fingerprint density at radius 3 is 2.68 bits per heavy atom. The van der Waals surface area contributed by atoms with Gasteiger partial charge in [0.1, 0.15) is 11.9 Å². The number of imidazole rings is 1. The fourth-order valence-corrected chi connectivity index (χ4v) is 2.60. The van der Waals surface area contributed by atoms with Crippen molar-refractivity contribution in [1.29, 1.82) is 0 Å². The number of carbonyl (C=O) groups excluding carboxylic acids is 1. The average molecular weight is 266 g/mol. The van der Waals surface area contributed by atoms with Gasteiger partial charge in [-0.15, -0.1) is 0 Å². The Labute approximate surface area is 111 Å². The second-order valence-corrected chi connectivity index (χ2v) is 5.03. The number of aromatic carboxylic acids is 1. The number of hydrogen-bond donors (Lipinski definition) is 1. The van der Waals surface area contributed by atoms with Crippen molar-refractivity contribution in [1.82, 2.24) is 9.55 Å². The van der Waals surface area contributed by atoms with Gasteiger partial charge < -0.3 is 14.4 Å². The van der Waals surface area contributed by atoms with Crippen LogP contribution in [-0.4, -0.2) is 33.7 Å². The van der Waals surface area contributed by atoms with Gasteiger partial charge in [-0.05, 0) is 19.3 Å². The van der Waals surface area contributed by atoms with Crippen LogP contribution in [0, 0.1) is 0 Å². The summed E-state index contributed by atoms with van der Waals surface area (Å²) in [6, 6.07) is -0.452. The summed E-state index contributed by atoms with van der Waals surface area (Å²) < 4.78 is 6.58. The summed E-state index contributed by atoms with van der Waals surface area (Å²) in [6.45, 7) is 3.87. The van der Waals surface area contributed by atoms with Crippen molar-refractivity contribution in [2.75, 3.05) is 7.11 Å². The van der Waals surface area contributed by atoms with E-state index in [4.69, 9.17) is 4.74 Å². The van der Waals surface area contributed by atoms with Gasteiger partial charge in [-0.2, -0.15) is 0 Å². The maximum Gasteiger partial charge on any atom is 0.356 e. The van der Waals surface area contributed by atoms with Crippen molar-refractivity contribution in [2.24, 2.45) is 0 Å². The fraction of sp³-hybridized carbons (Fsp3) is 0.615. The minimum Gasteiger partial charge on any atom is -0.476 e. The van der Waals surface area contributed by atoms with Gasteiger partial charge in [-0.1, -0.05) is 13.8 Å². The van der Waals surface area contributed by atoms with Crippen LogP contribution in [0.3, 0.4) is 0 Å². The number of carboxylic acids is 1. The van der Waals surface area contributed by atoms with E-state index in [1.54, 1.807) is 4.57 Å². The Hall–Kier alpha value is -1.85. The minimum absolute atomic E-state index is 0.0529. The lowest BCUT2D eigenvalue weighted by atomic mass is 10.0. The summed E-state index contributed by atoms with van der Waals surface area (Å²) in [7, 11) is 1.35. The molecule has 19 heavy (non-hydrogen) atoms. The third-order valence-corrected chi connectivity index (χ3v) is 3.43. The molecule has 0 saturated carbocycles. The molecule has 1 N–H and O–H groups in total. The number of methoxy groups -OCH3 is 1. The van der Waals surface area contributed by atoms with Crippen molar-refractivity contribution in [3.63, 3.8) is 0 Å². The van der Waals surface area contributed by atoms with Crippen molar-refractivity contribution >= 4 is 11.9 Å². The van der Waals surface area contributed by atoms with Gasteiger partial charge in [0.15, 0.2) is 5.69 Å². The maximum absolute atomic E-state index is 11.9. The maximum atomic E-state index is 11.9. The molecule has 0 bridgehead atoms. The van der Waals surface area contributed by atoms with Crippen LogP contribution in [0.5, 0.6) is 0 Å². The first-order valence-corrected chi connectivity index (χ1v) is 6.39. The summed E-state index contributed by atoms with van der Waals surface area (Å²) >= 11 is 0. The lowest BCUT2D eigenvalue weighted by molar-refractivity contribution is -0.145. The van der Waals surface area contributed by atoms with E-state index in [1.165, 1.54) is 7.11 Å². The Bertz CT molecular complexity index is 519. The summed E-state index contributed by atoms with van der Waals surface area (Å²) in [5.41, 5.74) is 0.704. The van der Waals surface area contributed by atoms with Crippen LogP contribution in [0.4, 0.5) is 0 Å². The molecular weight excluding hydrogens is 248 g/mol. The predicted octanol–water partition coefficient (Wildman–Crippen LogP) is 1.76. The number of ether oxygens (including phenoxy) is 1. The molecule has 1 atom stereocenters. The third kappa shape index (κ3) is 2.22. The molecule has 6 nitrogen and oxygen atoms in total. The number of nitrogens with zero attached hydrogens (tertiary/aromatic N) is 2. The number of rotatable bonds is 3. The van der Waals surface area contributed by atoms with Crippen LogP contribution < -0.4 is 0 Å². The Morgan fingerprint density at radius 2 is 2.16 bits per heavy atom. The predicted molar refractivity (Wildman–Crippen MR) is 67.3 cm³/mol. The van der Waals surface area contributed by atoms with Crippen LogP contribution in [-0.2, 0) is 16.0 Å². The van der Waals surface area contributed by atoms with Crippen LogP contribution >= 0.6 is 0 Å². The number of aromatic nitrogens is 2. The molecule has 1 aliphatic rings. The third-order valence-electron chi connectivity index (χ3n) is 3.43. The van der Waals surface area contributed by atoms with Gasteiger partial charge in [0.2, 0.25) is 0 Å². The normalized spacial score (nSPS) is 18.2. The van der Waals surface area contributed by atoms with Gasteiger partial charge >= 0.3 is 11.9 Å². The lowest BCUT2D eigenvalue weighted by Gasteiger charge is -2.26. The van der Waals surface area contributed by atoms with Crippen LogP contribution in [0.15, 0.2) is 0 Å². The Balaban J connectivity index is 2.60. The molecule has 0 fully saturated rings. The van der Waals surface area contributed by atoms with Crippen molar-refractivity contribution in [3.05, 3.63) is 17.2 Å². The largest absolute Gasteiger partial charge is 0.476 e. The van der Waals surface area contributed by atoms with Gasteiger partial charge in [0.25, 0.3) is 0 Å². The fourth-order valence-electron chi connectivity index (χ4n) is 2.60. The van der Waals surface area contributed by atoms with E-state index in [0.717, 1.165) is 6.42 Å². The molecule has 1 aromatic rings. The van der Waals surface area contributed by atoms with E-state index in [-0.39, 0.29) is 17.6 Å². The van der Waals surface area contributed by atoms with E-state index >= 15 is 0 Å². The SMILES string of the molecule is COC(=O)C1CCCc2c(C(=O)O)nc(C(C)C)n21. The van der Waals surface area contributed by atoms with Crippen molar-refractivity contribution in [3.8, 4) is 0 Å². The highest BCUT2D eigenvalue weighted by molar-refractivity contribution is 5.87. The highest BCUT2D eigenvalue weighted by atomic mass is 16.5. The number of carbonyl (C=O) groups is 2. The zero-order chi connectivity index (χ0) is 14.2. The summed E-state index contributed by atoms with van der Waals surface area (Å²) in [5, 5.41) is 9.23. The van der Waals surface area contributed by atoms with Crippen LogP contribution in [0.2, 0.25) is 0 Å². The molecule has 0 saturated heterocycles. The minimum atomic E-state index is -1.04. The highest BCUT2D eigenvalue weighted by Crippen LogP contribution is 2.32. The first-order chi connectivity index (χ1) is 8.97. The summed E-state index contributed by atoms with van der Waals surface area (Å²) in [6.07, 6.45) is 2.06. The zero-order valence-corrected chi connectivity index (χ0v) is 11.3. The van der Waals surface area contributed by atoms with Gasteiger partial charge in [-0.3, -0.25) is 0 Å². The number of fused-ring (bicyclic) bond motifs is 1. The molecule has 1 aromatic heterocycles. The number of hydrogen-bond acceptors (Lipinski definition) is 4. The smallest absolute Gasteiger partial charge is 0.356 e. The quantitative estimate of drug-likeness (QED) is 0.843. The molecule has 0 aromatic carbocycles. The second kappa shape index (κ2) is 5.03. The van der Waals surface area contributed by atoms with E-state index in [9.17, 15) is 14.7 Å². The molecular formula is C13H18N2O4. The lowest BCUT2D eigenvalue weighted by Crippen LogP contribution is -2.28. The van der Waals surface area contributed by atoms with E-state index in [2.05, 4.69) is 4.98 Å². The molecule has 2 heterocycles. The Morgan fingerprint density at radius 1 is 1.47 bits per heavy atom. The topological polar surface area (TPSA) is 81.4 Å². The van der Waals surface area contributed by atoms with E-state index < -0.39 is 12.0 Å². The molecule has 2 rings (SSSR count). The summed E-state index contributed by atoms with van der Waals surface area (Å²) in [5.74, 6) is -0.682. The van der Waals surface area contributed by atoms with Crippen LogP contribution in [0.1, 0.15) is 60.7 Å². The number of carboxylic acid groups (broad SMARTS) is 1. The first kappa shape index (κ1) is 13.6. The van der Waals surface area contributed by atoms with Gasteiger partial charge in [0, 0.05) is 5.92 Å². The highest BCUT2D eigenvalue weighted by Gasteiger charge is 2.34. The molecule has 0 aliphatic carbocycles. The zero-order valence-electron chi connectivity index (χ0n) is 11.3. The van der Waals surface area contributed by atoms with Gasteiger partial charge in [0.05, 0.1) is 12.8 Å². The second-order valence-electron chi connectivity index (χ2n) is 5.03. The average Bonchev–Trinajstić information content (AvgIpc) is 2.77. The molecule has 0 amide bonds. The molecule has 1 aliphatic heterocycles. The molecule has 0 radical (unpaired) electrons. The van der Waals surface area contributed by atoms with Crippen molar-refractivity contribution < 1.29 is 19.4 Å². The summed E-state index contributed by atoms with van der Waals surface area (Å²) in [4.78, 5) is 27.3. The molecule has 6 heteroatoms. The monoisotopic (exact) mass is 266 g/mol. The molecule has 0 spiro atoms. The molecule has 104 valence electrons. The number of esters is 1. The van der Waals surface area contributed by atoms with E-state index in [0.29, 0.717) is 24.4 Å². The van der Waals surface area contributed by atoms with E-state index in [1.807, 2.05) is 13.8 Å². The Kier molecular flexibility index (Phi) is 3.59.